The Balaban J connectivity index is 2.15. The van der Waals surface area contributed by atoms with E-state index in [4.69, 9.17) is 4.74 Å². The van der Waals surface area contributed by atoms with Gasteiger partial charge in [-0.15, -0.1) is 0 Å². The van der Waals surface area contributed by atoms with Gasteiger partial charge in [0.05, 0.1) is 7.11 Å². The van der Waals surface area contributed by atoms with Crippen LogP contribution >= 0.6 is 0 Å². The van der Waals surface area contributed by atoms with Gasteiger partial charge in [-0.05, 0) is 54.5 Å². The molecule has 102 valence electrons. The highest BCUT2D eigenvalue weighted by Crippen LogP contribution is 2.14. The van der Waals surface area contributed by atoms with Gasteiger partial charge in [0.1, 0.15) is 11.6 Å². The number of hydrogen-bond donors (Lipinski definition) is 0. The lowest BCUT2D eigenvalue weighted by atomic mass is 10.0. The molecule has 0 saturated carbocycles. The Kier molecular flexibility index (Phi) is 4.31. The summed E-state index contributed by atoms with van der Waals surface area (Å²) < 4.78 is 18.1. The summed E-state index contributed by atoms with van der Waals surface area (Å²) in [6.45, 7) is 1.72. The molecule has 0 radical (unpaired) electrons. The van der Waals surface area contributed by atoms with Gasteiger partial charge in [0.25, 0.3) is 0 Å². The number of ether oxygens (including phenoxy) is 1. The lowest BCUT2D eigenvalue weighted by Crippen LogP contribution is -1.98. The van der Waals surface area contributed by atoms with E-state index in [1.807, 2.05) is 24.3 Å². The van der Waals surface area contributed by atoms with E-state index in [-0.39, 0.29) is 11.6 Å². The van der Waals surface area contributed by atoms with E-state index in [1.165, 1.54) is 24.3 Å². The average Bonchev–Trinajstić information content (AvgIpc) is 2.45. The maximum absolute atomic E-state index is 13.0. The maximum atomic E-state index is 13.0. The average molecular weight is 270 g/mol. The summed E-state index contributed by atoms with van der Waals surface area (Å²) in [5.74, 6) is 0.291. The van der Waals surface area contributed by atoms with Crippen molar-refractivity contribution in [2.24, 2.45) is 0 Å². The normalized spacial score (nSPS) is 10.8. The summed E-state index contributed by atoms with van der Waals surface area (Å²) >= 11 is 0. The second-order valence-electron chi connectivity index (χ2n) is 4.43. The lowest BCUT2D eigenvalue weighted by Gasteiger charge is -2.02. The van der Waals surface area contributed by atoms with E-state index in [1.54, 1.807) is 20.1 Å². The number of rotatable bonds is 4. The molecular formula is C17H15FO2. The van der Waals surface area contributed by atoms with Gasteiger partial charge in [-0.2, -0.15) is 0 Å². The minimum absolute atomic E-state index is 0.140. The van der Waals surface area contributed by atoms with Gasteiger partial charge < -0.3 is 4.74 Å². The highest BCUT2D eigenvalue weighted by molar-refractivity contribution is 6.07. The minimum Gasteiger partial charge on any atom is -0.497 e. The topological polar surface area (TPSA) is 26.3 Å². The van der Waals surface area contributed by atoms with Crippen LogP contribution in [0.1, 0.15) is 21.5 Å². The van der Waals surface area contributed by atoms with E-state index >= 15 is 0 Å². The number of methoxy groups -OCH3 is 1. The molecule has 0 heterocycles. The maximum Gasteiger partial charge on any atom is 0.186 e. The number of benzene rings is 2. The lowest BCUT2D eigenvalue weighted by molar-refractivity contribution is 0.104. The molecule has 0 bridgehead atoms. The van der Waals surface area contributed by atoms with Gasteiger partial charge in [-0.25, -0.2) is 4.39 Å². The monoisotopic (exact) mass is 270 g/mol. The van der Waals surface area contributed by atoms with Crippen LogP contribution in [0.2, 0.25) is 0 Å². The summed E-state index contributed by atoms with van der Waals surface area (Å²) in [5.41, 5.74) is 2.05. The molecule has 0 N–H and O–H groups in total. The minimum atomic E-state index is -0.335. The van der Waals surface area contributed by atoms with Crippen LogP contribution in [0.25, 0.3) is 6.08 Å². The third-order valence-electron chi connectivity index (χ3n) is 3.00. The van der Waals surface area contributed by atoms with Crippen molar-refractivity contribution < 1.29 is 13.9 Å². The Bertz CT molecular complexity index is 643. The molecule has 0 aliphatic heterocycles. The first-order valence-corrected chi connectivity index (χ1v) is 6.23. The van der Waals surface area contributed by atoms with Gasteiger partial charge in [0.15, 0.2) is 5.78 Å². The molecule has 0 spiro atoms. The first kappa shape index (κ1) is 14.0. The van der Waals surface area contributed by atoms with E-state index < -0.39 is 0 Å². The molecule has 0 saturated heterocycles. The van der Waals surface area contributed by atoms with Crippen molar-refractivity contribution >= 4 is 11.9 Å². The molecule has 0 fully saturated rings. The number of hydrogen-bond acceptors (Lipinski definition) is 2. The highest BCUT2D eigenvalue weighted by atomic mass is 19.1. The molecule has 0 atom stereocenters. The number of halogens is 1. The van der Waals surface area contributed by atoms with E-state index in [2.05, 4.69) is 0 Å². The third kappa shape index (κ3) is 3.32. The van der Waals surface area contributed by atoms with E-state index in [9.17, 15) is 9.18 Å². The standard InChI is InChI=1S/C17H15FO2/c1-12-11-14(18)6-9-16(12)17(19)10-5-13-3-7-15(20-2)8-4-13/h3-11H,1-2H3/b10-5+. The Morgan fingerprint density at radius 3 is 2.45 bits per heavy atom. The molecular weight excluding hydrogens is 255 g/mol. The van der Waals surface area contributed by atoms with Crippen molar-refractivity contribution in [1.29, 1.82) is 0 Å². The number of carbonyl (C=O) groups excluding carboxylic acids is 1. The van der Waals surface area contributed by atoms with Crippen molar-refractivity contribution in [2.45, 2.75) is 6.92 Å². The first-order valence-electron chi connectivity index (χ1n) is 6.23. The van der Waals surface area contributed by atoms with Gasteiger partial charge in [0, 0.05) is 5.56 Å². The molecule has 0 aliphatic rings. The SMILES string of the molecule is COc1ccc(/C=C/C(=O)c2ccc(F)cc2C)cc1. The Morgan fingerprint density at radius 1 is 1.15 bits per heavy atom. The van der Waals surface area contributed by atoms with Gasteiger partial charge in [0.2, 0.25) is 0 Å². The largest absolute Gasteiger partial charge is 0.497 e. The number of allylic oxidation sites excluding steroid dienone is 1. The van der Waals surface area contributed by atoms with Crippen molar-refractivity contribution in [2.75, 3.05) is 7.11 Å². The molecule has 2 nitrogen and oxygen atoms in total. The second kappa shape index (κ2) is 6.15. The molecule has 2 aromatic rings. The summed E-state index contributed by atoms with van der Waals surface area (Å²) in [7, 11) is 1.60. The molecule has 0 unspecified atom stereocenters. The summed E-state index contributed by atoms with van der Waals surface area (Å²) in [5, 5.41) is 0. The Morgan fingerprint density at radius 2 is 1.85 bits per heavy atom. The van der Waals surface area contributed by atoms with Crippen LogP contribution in [0.15, 0.2) is 48.5 Å². The van der Waals surface area contributed by atoms with Crippen molar-refractivity contribution in [3.63, 3.8) is 0 Å². The van der Waals surface area contributed by atoms with Gasteiger partial charge in [-0.1, -0.05) is 18.2 Å². The summed E-state index contributed by atoms with van der Waals surface area (Å²) in [6, 6.07) is 11.5. The van der Waals surface area contributed by atoms with Crippen LogP contribution in [-0.4, -0.2) is 12.9 Å². The van der Waals surface area contributed by atoms with Crippen LogP contribution in [0.3, 0.4) is 0 Å². The molecule has 0 aromatic heterocycles. The van der Waals surface area contributed by atoms with Gasteiger partial charge in [-0.3, -0.25) is 4.79 Å². The zero-order chi connectivity index (χ0) is 14.5. The molecule has 20 heavy (non-hydrogen) atoms. The number of carbonyl (C=O) groups is 1. The molecule has 3 heteroatoms. The molecule has 2 rings (SSSR count). The second-order valence-corrected chi connectivity index (χ2v) is 4.43. The summed E-state index contributed by atoms with van der Waals surface area (Å²) in [6.07, 6.45) is 3.21. The molecule has 0 aliphatic carbocycles. The van der Waals surface area contributed by atoms with Crippen LogP contribution in [-0.2, 0) is 0 Å². The number of aryl methyl sites for hydroxylation is 1. The fraction of sp³-hybridized carbons (Fsp3) is 0.118. The Hall–Kier alpha value is -2.42. The fourth-order valence-corrected chi connectivity index (χ4v) is 1.88. The van der Waals surface area contributed by atoms with Gasteiger partial charge >= 0.3 is 0 Å². The zero-order valence-corrected chi connectivity index (χ0v) is 11.4. The third-order valence-corrected chi connectivity index (χ3v) is 3.00. The quantitative estimate of drug-likeness (QED) is 0.619. The van der Waals surface area contributed by atoms with Crippen LogP contribution in [0, 0.1) is 12.7 Å². The van der Waals surface area contributed by atoms with E-state index in [0.29, 0.717) is 11.1 Å². The smallest absolute Gasteiger partial charge is 0.186 e. The fourth-order valence-electron chi connectivity index (χ4n) is 1.88. The van der Waals surface area contributed by atoms with Crippen LogP contribution in [0.4, 0.5) is 4.39 Å². The van der Waals surface area contributed by atoms with Crippen LogP contribution < -0.4 is 4.74 Å². The van der Waals surface area contributed by atoms with Crippen molar-refractivity contribution in [1.82, 2.24) is 0 Å². The van der Waals surface area contributed by atoms with Crippen LogP contribution in [0.5, 0.6) is 5.75 Å². The molecule has 2 aromatic carbocycles. The highest BCUT2D eigenvalue weighted by Gasteiger charge is 2.06. The predicted molar refractivity (Wildman–Crippen MR) is 77.5 cm³/mol. The number of ketones is 1. The van der Waals surface area contributed by atoms with Crippen molar-refractivity contribution in [3.8, 4) is 5.75 Å². The predicted octanol–water partition coefficient (Wildman–Crippen LogP) is 4.04. The summed E-state index contributed by atoms with van der Waals surface area (Å²) in [4.78, 5) is 12.0. The van der Waals surface area contributed by atoms with E-state index in [0.717, 1.165) is 11.3 Å². The van der Waals surface area contributed by atoms with Crippen molar-refractivity contribution in [3.05, 3.63) is 71.0 Å². The zero-order valence-electron chi connectivity index (χ0n) is 11.4. The first-order chi connectivity index (χ1) is 9.60. The molecule has 0 amide bonds. The Labute approximate surface area is 117 Å².